The van der Waals surface area contributed by atoms with Crippen LogP contribution in [-0.4, -0.2) is 61.9 Å². The zero-order valence-electron chi connectivity index (χ0n) is 20.9. The first-order valence-corrected chi connectivity index (χ1v) is 14.8. The number of carbonyl (C=O) groups excluding carboxylic acids is 1. The van der Waals surface area contributed by atoms with E-state index in [2.05, 4.69) is 13.8 Å². The highest BCUT2D eigenvalue weighted by atomic mass is 32.2. The minimum absolute atomic E-state index is 0.0899. The molecule has 0 aliphatic carbocycles. The largest absolute Gasteiger partial charge is 0.453 e. The average molecular weight is 603 g/mol. The van der Waals surface area contributed by atoms with Gasteiger partial charge in [0.25, 0.3) is 0 Å². The van der Waals surface area contributed by atoms with Crippen molar-refractivity contribution in [3.8, 4) is 0 Å². The maximum absolute atomic E-state index is 12.6. The first-order chi connectivity index (χ1) is 16.8. The molecule has 0 fully saturated rings. The zero-order chi connectivity index (χ0) is 29.3. The molecule has 0 spiro atoms. The molecule has 2 unspecified atom stereocenters. The average Bonchev–Trinajstić information content (AvgIpc) is 2.73. The number of unbranched alkanes of at least 4 members (excludes halogenated alkanes) is 3. The highest BCUT2D eigenvalue weighted by Gasteiger charge is 2.57. The van der Waals surface area contributed by atoms with Crippen LogP contribution in [0, 0.1) is 5.92 Å². The van der Waals surface area contributed by atoms with Gasteiger partial charge in [-0.05, 0) is 38.0 Å². The molecule has 2 atom stereocenters. The monoisotopic (exact) mass is 602 g/mol. The minimum atomic E-state index is -5.54. The van der Waals surface area contributed by atoms with Gasteiger partial charge in [0, 0.05) is 63.9 Å². The lowest BCUT2D eigenvalue weighted by atomic mass is 10.1. The first-order valence-electron chi connectivity index (χ1n) is 11.8. The lowest BCUT2D eigenvalue weighted by molar-refractivity contribution is -0.284. The fourth-order valence-corrected chi connectivity index (χ4v) is 5.10. The summed E-state index contributed by atoms with van der Waals surface area (Å²) in [5, 5.41) is 0. The van der Waals surface area contributed by atoms with Gasteiger partial charge in [0.05, 0.1) is 0 Å². The Balaban J connectivity index is 0. The summed E-state index contributed by atoms with van der Waals surface area (Å²) in [6.07, 6.45) is -9.75. The molecule has 37 heavy (non-hydrogen) atoms. The minimum Gasteiger partial charge on any atom is -0.303 e. The van der Waals surface area contributed by atoms with Crippen molar-refractivity contribution in [1.82, 2.24) is 0 Å². The molecule has 0 rings (SSSR count). The van der Waals surface area contributed by atoms with Gasteiger partial charge in [0.2, 0.25) is 0 Å². The lowest BCUT2D eigenvalue weighted by Gasteiger charge is -2.19. The standard InChI is InChI=1S/C12H21F5OS.C10H15F5O2S/c1-10(2)6-3-4-8-19(18)9-5-7-11(13,14)12(15,16)17;11-9(12,10(13,14)15)5-4-8-18(17)7-3-1-2-6-16/h10H,3-9H2,1-2H3;6H,1-5,7-8H2. The number of rotatable bonds is 18. The molecule has 0 aromatic heterocycles. The molecule has 0 aliphatic rings. The SMILES string of the molecule is CC(C)CCCCS(=O)CCCC(F)(F)C(F)(F)F.O=CCCCCS(=O)CCCC(F)(F)C(F)(F)F. The van der Waals surface area contributed by atoms with E-state index >= 15 is 0 Å². The number of alkyl halides is 10. The Labute approximate surface area is 216 Å². The van der Waals surface area contributed by atoms with Crippen molar-refractivity contribution in [2.24, 2.45) is 5.92 Å². The van der Waals surface area contributed by atoms with Crippen LogP contribution in [0.3, 0.4) is 0 Å². The van der Waals surface area contributed by atoms with Crippen LogP contribution < -0.4 is 0 Å². The summed E-state index contributed by atoms with van der Waals surface area (Å²) in [7, 11) is -2.70. The predicted octanol–water partition coefficient (Wildman–Crippen LogP) is 7.62. The van der Waals surface area contributed by atoms with E-state index in [0.29, 0.717) is 37.2 Å². The third-order valence-corrected chi connectivity index (χ3v) is 7.88. The van der Waals surface area contributed by atoms with Gasteiger partial charge in [-0.2, -0.15) is 43.9 Å². The molecule has 224 valence electrons. The highest BCUT2D eigenvalue weighted by molar-refractivity contribution is 7.85. The molecule has 0 aromatic carbocycles. The second-order valence-electron chi connectivity index (χ2n) is 8.86. The van der Waals surface area contributed by atoms with Gasteiger partial charge in [0.1, 0.15) is 6.29 Å². The van der Waals surface area contributed by atoms with Gasteiger partial charge in [-0.1, -0.05) is 26.7 Å². The summed E-state index contributed by atoms with van der Waals surface area (Å²) in [5.74, 6) is -8.49. The van der Waals surface area contributed by atoms with Gasteiger partial charge >= 0.3 is 24.2 Å². The number of aldehydes is 1. The second-order valence-corrected chi connectivity index (χ2v) is 12.3. The van der Waals surface area contributed by atoms with Gasteiger partial charge in [-0.3, -0.25) is 8.42 Å². The number of hydrogen-bond acceptors (Lipinski definition) is 3. The summed E-state index contributed by atoms with van der Waals surface area (Å²) in [4.78, 5) is 9.96. The molecule has 0 saturated carbocycles. The van der Waals surface area contributed by atoms with Crippen molar-refractivity contribution in [2.75, 3.05) is 23.0 Å². The molecule has 0 N–H and O–H groups in total. The number of carbonyl (C=O) groups is 1. The molecular formula is C22H36F10O3S2. The molecule has 0 bridgehead atoms. The van der Waals surface area contributed by atoms with Crippen molar-refractivity contribution >= 4 is 27.9 Å². The first kappa shape index (κ1) is 38.4. The summed E-state index contributed by atoms with van der Waals surface area (Å²) < 4.78 is 144. The Morgan fingerprint density at radius 1 is 0.595 bits per heavy atom. The maximum atomic E-state index is 12.6. The number of hydrogen-bond donors (Lipinski definition) is 0. The normalized spacial score (nSPS) is 14.7. The Kier molecular flexibility index (Phi) is 19.2. The molecule has 0 radical (unpaired) electrons. The van der Waals surface area contributed by atoms with Crippen molar-refractivity contribution in [3.05, 3.63) is 0 Å². The van der Waals surface area contributed by atoms with Crippen LogP contribution in [0.5, 0.6) is 0 Å². The van der Waals surface area contributed by atoms with Crippen molar-refractivity contribution in [1.29, 1.82) is 0 Å². The van der Waals surface area contributed by atoms with E-state index in [0.717, 1.165) is 19.3 Å². The Morgan fingerprint density at radius 2 is 0.946 bits per heavy atom. The van der Waals surface area contributed by atoms with Crippen LogP contribution in [0.4, 0.5) is 43.9 Å². The molecule has 0 amide bonds. The van der Waals surface area contributed by atoms with E-state index in [1.807, 2.05) is 0 Å². The Bertz CT molecular complexity index is 666. The summed E-state index contributed by atoms with van der Waals surface area (Å²) >= 11 is 0. The molecule has 3 nitrogen and oxygen atoms in total. The van der Waals surface area contributed by atoms with Crippen LogP contribution in [0.15, 0.2) is 0 Å². The number of halogens is 10. The molecule has 15 heteroatoms. The fourth-order valence-electron chi connectivity index (χ4n) is 2.70. The van der Waals surface area contributed by atoms with E-state index in [1.165, 1.54) is 0 Å². The molecule has 0 aliphatic heterocycles. The molecule has 0 heterocycles. The van der Waals surface area contributed by atoms with E-state index in [-0.39, 0.29) is 23.7 Å². The van der Waals surface area contributed by atoms with Gasteiger partial charge in [-0.25, -0.2) is 0 Å². The van der Waals surface area contributed by atoms with Gasteiger partial charge < -0.3 is 4.79 Å². The van der Waals surface area contributed by atoms with E-state index < -0.39 is 65.1 Å². The second kappa shape index (κ2) is 18.5. The molecular weight excluding hydrogens is 566 g/mol. The predicted molar refractivity (Wildman–Crippen MR) is 125 cm³/mol. The van der Waals surface area contributed by atoms with Crippen molar-refractivity contribution in [3.63, 3.8) is 0 Å². The van der Waals surface area contributed by atoms with E-state index in [4.69, 9.17) is 0 Å². The Morgan fingerprint density at radius 3 is 1.27 bits per heavy atom. The lowest BCUT2D eigenvalue weighted by Crippen LogP contribution is -2.36. The quantitative estimate of drug-likeness (QED) is 0.0922. The van der Waals surface area contributed by atoms with Crippen LogP contribution in [0.1, 0.15) is 78.1 Å². The van der Waals surface area contributed by atoms with E-state index in [9.17, 15) is 57.1 Å². The zero-order valence-corrected chi connectivity index (χ0v) is 22.5. The van der Waals surface area contributed by atoms with Gasteiger partial charge in [-0.15, -0.1) is 0 Å². The summed E-state index contributed by atoms with van der Waals surface area (Å²) in [5.41, 5.74) is 0. The van der Waals surface area contributed by atoms with Crippen LogP contribution in [-0.2, 0) is 26.4 Å². The van der Waals surface area contributed by atoms with Crippen molar-refractivity contribution in [2.45, 2.75) is 102 Å². The summed E-state index contributed by atoms with van der Waals surface area (Å²) in [6, 6.07) is 0. The fraction of sp³-hybridized carbons (Fsp3) is 0.955. The smallest absolute Gasteiger partial charge is 0.303 e. The van der Waals surface area contributed by atoms with Crippen LogP contribution in [0.2, 0.25) is 0 Å². The highest BCUT2D eigenvalue weighted by Crippen LogP contribution is 2.39. The van der Waals surface area contributed by atoms with Gasteiger partial charge in [0.15, 0.2) is 0 Å². The Hall–Kier alpha value is -0.730. The van der Waals surface area contributed by atoms with Crippen molar-refractivity contribution < 1.29 is 57.1 Å². The summed E-state index contributed by atoms with van der Waals surface area (Å²) in [6.45, 7) is 4.13. The maximum Gasteiger partial charge on any atom is 0.453 e. The van der Waals surface area contributed by atoms with Crippen LogP contribution in [0.25, 0.3) is 0 Å². The topological polar surface area (TPSA) is 51.2 Å². The third kappa shape index (κ3) is 19.9. The third-order valence-electron chi connectivity index (χ3n) is 4.90. The molecule has 0 aromatic rings. The van der Waals surface area contributed by atoms with E-state index in [1.54, 1.807) is 0 Å². The van der Waals surface area contributed by atoms with Crippen LogP contribution >= 0.6 is 0 Å². The molecule has 0 saturated heterocycles.